The van der Waals surface area contributed by atoms with E-state index in [0.717, 1.165) is 5.92 Å². The lowest BCUT2D eigenvalue weighted by molar-refractivity contribution is 0.0960. The highest BCUT2D eigenvalue weighted by atomic mass is 16.5. The smallest absolute Gasteiger partial charge is 0.0733 e. The Morgan fingerprint density at radius 1 is 1.19 bits per heavy atom. The van der Waals surface area contributed by atoms with Crippen LogP contribution in [0.2, 0.25) is 0 Å². The first-order chi connectivity index (χ1) is 7.65. The van der Waals surface area contributed by atoms with Crippen molar-refractivity contribution in [3.8, 4) is 0 Å². The maximum Gasteiger partial charge on any atom is 0.0733 e. The van der Waals surface area contributed by atoms with Gasteiger partial charge in [0.1, 0.15) is 0 Å². The zero-order valence-electron chi connectivity index (χ0n) is 11.0. The van der Waals surface area contributed by atoms with Crippen LogP contribution in [0.4, 0.5) is 0 Å². The Morgan fingerprint density at radius 2 is 2.00 bits per heavy atom. The first kappa shape index (κ1) is 12.4. The average molecular weight is 225 g/mol. The summed E-state index contributed by atoms with van der Waals surface area (Å²) in [4.78, 5) is 0. The Balaban J connectivity index is 1.62. The fourth-order valence-electron chi connectivity index (χ4n) is 3.09. The Morgan fingerprint density at radius 3 is 2.56 bits per heavy atom. The number of rotatable bonds is 6. The molecule has 0 aromatic rings. The number of hydrogen-bond acceptors (Lipinski definition) is 2. The van der Waals surface area contributed by atoms with Gasteiger partial charge in [0.05, 0.1) is 12.2 Å². The van der Waals surface area contributed by atoms with Crippen LogP contribution in [0.3, 0.4) is 0 Å². The second kappa shape index (κ2) is 5.50. The van der Waals surface area contributed by atoms with Crippen molar-refractivity contribution in [2.75, 3.05) is 0 Å². The van der Waals surface area contributed by atoms with E-state index in [9.17, 15) is 0 Å². The van der Waals surface area contributed by atoms with Crippen LogP contribution < -0.4 is 5.32 Å². The zero-order valence-corrected chi connectivity index (χ0v) is 11.0. The third-order valence-corrected chi connectivity index (χ3v) is 4.02. The van der Waals surface area contributed by atoms with Crippen molar-refractivity contribution in [2.24, 2.45) is 5.92 Å². The van der Waals surface area contributed by atoms with Gasteiger partial charge < -0.3 is 10.1 Å². The van der Waals surface area contributed by atoms with E-state index in [1.54, 1.807) is 0 Å². The Bertz CT molecular complexity index is 217. The molecule has 0 radical (unpaired) electrons. The molecule has 2 heterocycles. The van der Waals surface area contributed by atoms with Crippen molar-refractivity contribution in [3.05, 3.63) is 0 Å². The van der Waals surface area contributed by atoms with Crippen LogP contribution in [0.25, 0.3) is 0 Å². The summed E-state index contributed by atoms with van der Waals surface area (Å²) in [6.07, 6.45) is 8.95. The minimum absolute atomic E-state index is 0.526. The summed E-state index contributed by atoms with van der Waals surface area (Å²) < 4.78 is 5.87. The quantitative estimate of drug-likeness (QED) is 0.750. The van der Waals surface area contributed by atoms with Gasteiger partial charge in [0.15, 0.2) is 0 Å². The normalized spacial score (nSPS) is 34.9. The van der Waals surface area contributed by atoms with E-state index in [1.165, 1.54) is 38.5 Å². The van der Waals surface area contributed by atoms with Crippen LogP contribution in [0.1, 0.15) is 59.3 Å². The summed E-state index contributed by atoms with van der Waals surface area (Å²) in [6, 6.07) is 1.31. The summed E-state index contributed by atoms with van der Waals surface area (Å²) in [5.41, 5.74) is 0. The fraction of sp³-hybridized carbons (Fsp3) is 1.00. The molecule has 0 aromatic carbocycles. The molecule has 2 aliphatic heterocycles. The summed E-state index contributed by atoms with van der Waals surface area (Å²) >= 11 is 0. The van der Waals surface area contributed by atoms with Crippen LogP contribution in [-0.2, 0) is 4.74 Å². The summed E-state index contributed by atoms with van der Waals surface area (Å²) in [5.74, 6) is 0.845. The molecular weight excluding hydrogens is 198 g/mol. The molecule has 2 heteroatoms. The second-order valence-electron chi connectivity index (χ2n) is 6.11. The Labute approximate surface area is 100 Å². The van der Waals surface area contributed by atoms with Crippen molar-refractivity contribution >= 4 is 0 Å². The lowest BCUT2D eigenvalue weighted by Gasteiger charge is -2.24. The Hall–Kier alpha value is -0.0800. The predicted molar refractivity (Wildman–Crippen MR) is 67.6 cm³/mol. The first-order valence-electron chi connectivity index (χ1n) is 7.06. The maximum absolute atomic E-state index is 5.87. The first-order valence-corrected chi connectivity index (χ1v) is 7.06. The highest BCUT2D eigenvalue weighted by molar-refractivity contribution is 4.94. The SMILES string of the molecule is CC(C)CCCC(C)NC1CC2CCC1O2. The molecule has 4 unspecified atom stereocenters. The van der Waals surface area contributed by atoms with Crippen molar-refractivity contribution in [3.63, 3.8) is 0 Å². The molecule has 2 fully saturated rings. The van der Waals surface area contributed by atoms with E-state index in [2.05, 4.69) is 26.1 Å². The molecule has 2 nitrogen and oxygen atoms in total. The van der Waals surface area contributed by atoms with E-state index in [-0.39, 0.29) is 0 Å². The van der Waals surface area contributed by atoms with Crippen molar-refractivity contribution in [2.45, 2.75) is 83.6 Å². The standard InChI is InChI=1S/C14H27NO/c1-10(2)5-4-6-11(3)15-13-9-12-7-8-14(13)16-12/h10-15H,4-9H2,1-3H3. The van der Waals surface area contributed by atoms with Gasteiger partial charge in [-0.05, 0) is 38.5 Å². The Kier molecular flexibility index (Phi) is 4.26. The molecule has 0 spiro atoms. The van der Waals surface area contributed by atoms with Crippen LogP contribution in [0.15, 0.2) is 0 Å². The monoisotopic (exact) mass is 225 g/mol. The third-order valence-electron chi connectivity index (χ3n) is 4.02. The zero-order chi connectivity index (χ0) is 11.5. The molecule has 1 N–H and O–H groups in total. The van der Waals surface area contributed by atoms with Crippen LogP contribution >= 0.6 is 0 Å². The van der Waals surface area contributed by atoms with Crippen molar-refractivity contribution < 1.29 is 4.74 Å². The summed E-state index contributed by atoms with van der Waals surface area (Å²) in [6.45, 7) is 6.94. The minimum atomic E-state index is 0.526. The van der Waals surface area contributed by atoms with Gasteiger partial charge in [0.2, 0.25) is 0 Å². The van der Waals surface area contributed by atoms with E-state index >= 15 is 0 Å². The minimum Gasteiger partial charge on any atom is -0.373 e. The molecule has 0 aromatic heterocycles. The molecule has 0 saturated carbocycles. The van der Waals surface area contributed by atoms with Gasteiger partial charge in [-0.2, -0.15) is 0 Å². The summed E-state index contributed by atoms with van der Waals surface area (Å²) in [7, 11) is 0. The third kappa shape index (κ3) is 3.21. The van der Waals surface area contributed by atoms with Gasteiger partial charge in [0.25, 0.3) is 0 Å². The number of hydrogen-bond donors (Lipinski definition) is 1. The maximum atomic E-state index is 5.87. The molecule has 2 aliphatic rings. The molecular formula is C14H27NO. The molecule has 2 saturated heterocycles. The largest absolute Gasteiger partial charge is 0.373 e. The van der Waals surface area contributed by atoms with Crippen molar-refractivity contribution in [1.82, 2.24) is 5.32 Å². The fourth-order valence-corrected chi connectivity index (χ4v) is 3.09. The molecule has 2 rings (SSSR count). The number of nitrogens with one attached hydrogen (secondary N) is 1. The molecule has 2 bridgehead atoms. The molecule has 4 atom stereocenters. The lowest BCUT2D eigenvalue weighted by Crippen LogP contribution is -2.42. The van der Waals surface area contributed by atoms with E-state index in [4.69, 9.17) is 4.74 Å². The number of fused-ring (bicyclic) bond motifs is 2. The second-order valence-corrected chi connectivity index (χ2v) is 6.11. The summed E-state index contributed by atoms with van der Waals surface area (Å²) in [5, 5.41) is 3.76. The van der Waals surface area contributed by atoms with Gasteiger partial charge in [-0.25, -0.2) is 0 Å². The molecule has 0 amide bonds. The topological polar surface area (TPSA) is 21.3 Å². The van der Waals surface area contributed by atoms with Gasteiger partial charge in [-0.3, -0.25) is 0 Å². The van der Waals surface area contributed by atoms with Crippen LogP contribution in [0.5, 0.6) is 0 Å². The van der Waals surface area contributed by atoms with Gasteiger partial charge >= 0.3 is 0 Å². The average Bonchev–Trinajstić information content (AvgIpc) is 2.78. The van der Waals surface area contributed by atoms with E-state index in [1.807, 2.05) is 0 Å². The molecule has 0 aliphatic carbocycles. The molecule has 94 valence electrons. The van der Waals surface area contributed by atoms with Crippen LogP contribution in [-0.4, -0.2) is 24.3 Å². The number of ether oxygens (including phenoxy) is 1. The van der Waals surface area contributed by atoms with Crippen LogP contribution in [0, 0.1) is 5.92 Å². The van der Waals surface area contributed by atoms with Gasteiger partial charge in [-0.15, -0.1) is 0 Å². The van der Waals surface area contributed by atoms with Crippen molar-refractivity contribution in [1.29, 1.82) is 0 Å². The highest BCUT2D eigenvalue weighted by Gasteiger charge is 2.40. The lowest BCUT2D eigenvalue weighted by atomic mass is 9.94. The van der Waals surface area contributed by atoms with Gasteiger partial charge in [-0.1, -0.05) is 26.7 Å². The van der Waals surface area contributed by atoms with Gasteiger partial charge in [0, 0.05) is 12.1 Å². The predicted octanol–water partition coefficient (Wildman–Crippen LogP) is 3.11. The van der Waals surface area contributed by atoms with E-state index in [0.29, 0.717) is 24.3 Å². The molecule has 16 heavy (non-hydrogen) atoms. The van der Waals surface area contributed by atoms with E-state index < -0.39 is 0 Å². The highest BCUT2D eigenvalue weighted by Crippen LogP contribution is 2.34.